The molecule has 0 aliphatic carbocycles. The van der Waals surface area contributed by atoms with E-state index < -0.39 is 0 Å². The summed E-state index contributed by atoms with van der Waals surface area (Å²) in [6, 6.07) is 6.08. The Hall–Kier alpha value is -1.42. The SMILES string of the molecule is CC(C)C1CN(C(=O)c2ccc(F)cc2)C(C)(C)CN1. The van der Waals surface area contributed by atoms with E-state index in [1.807, 2.05) is 4.90 Å². The maximum absolute atomic E-state index is 13.0. The van der Waals surface area contributed by atoms with Crippen molar-refractivity contribution in [2.45, 2.75) is 39.3 Å². The Balaban J connectivity index is 2.23. The number of carbonyl (C=O) groups is 1. The van der Waals surface area contributed by atoms with Gasteiger partial charge >= 0.3 is 0 Å². The van der Waals surface area contributed by atoms with Gasteiger partial charge in [0.25, 0.3) is 5.91 Å². The van der Waals surface area contributed by atoms with Crippen molar-refractivity contribution in [3.63, 3.8) is 0 Å². The van der Waals surface area contributed by atoms with Gasteiger partial charge in [-0.2, -0.15) is 0 Å². The molecular formula is C16H23FN2O. The number of amides is 1. The van der Waals surface area contributed by atoms with E-state index >= 15 is 0 Å². The zero-order valence-corrected chi connectivity index (χ0v) is 12.6. The van der Waals surface area contributed by atoms with E-state index in [1.165, 1.54) is 12.1 Å². The summed E-state index contributed by atoms with van der Waals surface area (Å²) in [5.41, 5.74) is 0.306. The third kappa shape index (κ3) is 3.01. The van der Waals surface area contributed by atoms with Crippen LogP contribution in [0.15, 0.2) is 24.3 Å². The lowest BCUT2D eigenvalue weighted by Crippen LogP contribution is -2.64. The number of nitrogens with one attached hydrogen (secondary N) is 1. The van der Waals surface area contributed by atoms with Crippen LogP contribution in [0.1, 0.15) is 38.1 Å². The molecule has 1 fully saturated rings. The molecule has 1 N–H and O–H groups in total. The van der Waals surface area contributed by atoms with Crippen LogP contribution >= 0.6 is 0 Å². The Bertz CT molecular complexity index is 482. The number of piperazine rings is 1. The molecular weight excluding hydrogens is 255 g/mol. The number of carbonyl (C=O) groups excluding carboxylic acids is 1. The molecule has 1 aromatic carbocycles. The molecule has 1 amide bonds. The lowest BCUT2D eigenvalue weighted by atomic mass is 9.92. The van der Waals surface area contributed by atoms with Crippen molar-refractivity contribution in [1.82, 2.24) is 10.2 Å². The van der Waals surface area contributed by atoms with E-state index in [-0.39, 0.29) is 17.3 Å². The van der Waals surface area contributed by atoms with Crippen molar-refractivity contribution in [2.75, 3.05) is 13.1 Å². The molecule has 1 saturated heterocycles. The monoisotopic (exact) mass is 278 g/mol. The average Bonchev–Trinajstić information content (AvgIpc) is 2.38. The number of nitrogens with zero attached hydrogens (tertiary/aromatic N) is 1. The van der Waals surface area contributed by atoms with Gasteiger partial charge in [-0.25, -0.2) is 4.39 Å². The fourth-order valence-corrected chi connectivity index (χ4v) is 2.54. The van der Waals surface area contributed by atoms with Crippen LogP contribution in [0, 0.1) is 11.7 Å². The van der Waals surface area contributed by atoms with Crippen LogP contribution in [-0.4, -0.2) is 35.5 Å². The molecule has 1 aromatic rings. The zero-order chi connectivity index (χ0) is 14.9. The van der Waals surface area contributed by atoms with E-state index in [0.29, 0.717) is 24.1 Å². The molecule has 3 nitrogen and oxygen atoms in total. The third-order valence-corrected chi connectivity index (χ3v) is 4.05. The fourth-order valence-electron chi connectivity index (χ4n) is 2.54. The van der Waals surface area contributed by atoms with Crippen LogP contribution in [0.3, 0.4) is 0 Å². The first kappa shape index (κ1) is 15.0. The van der Waals surface area contributed by atoms with Crippen molar-refractivity contribution >= 4 is 5.91 Å². The summed E-state index contributed by atoms with van der Waals surface area (Å²) >= 11 is 0. The first-order valence-electron chi connectivity index (χ1n) is 7.12. The minimum absolute atomic E-state index is 0.0258. The molecule has 0 aromatic heterocycles. The summed E-state index contributed by atoms with van der Waals surface area (Å²) in [4.78, 5) is 14.6. The first-order valence-corrected chi connectivity index (χ1v) is 7.12. The summed E-state index contributed by atoms with van der Waals surface area (Å²) in [5.74, 6) is 0.123. The largest absolute Gasteiger partial charge is 0.331 e. The summed E-state index contributed by atoms with van der Waals surface area (Å²) in [5, 5.41) is 3.50. The van der Waals surface area contributed by atoms with Crippen LogP contribution in [0.5, 0.6) is 0 Å². The standard InChI is InChI=1S/C16H23FN2O/c1-11(2)14-9-19(16(3,4)10-18-14)15(20)12-5-7-13(17)8-6-12/h5-8,11,14,18H,9-10H2,1-4H3. The maximum Gasteiger partial charge on any atom is 0.254 e. The number of hydrogen-bond acceptors (Lipinski definition) is 2. The summed E-state index contributed by atoms with van der Waals surface area (Å²) in [6.45, 7) is 9.85. The second kappa shape index (κ2) is 5.52. The number of halogens is 1. The van der Waals surface area contributed by atoms with Crippen LogP contribution in [0.4, 0.5) is 4.39 Å². The predicted octanol–water partition coefficient (Wildman–Crippen LogP) is 2.67. The second-order valence-electron chi connectivity index (χ2n) is 6.47. The van der Waals surface area contributed by atoms with Gasteiger partial charge in [0.1, 0.15) is 5.82 Å². The van der Waals surface area contributed by atoms with Crippen molar-refractivity contribution in [3.05, 3.63) is 35.6 Å². The van der Waals surface area contributed by atoms with E-state index in [9.17, 15) is 9.18 Å². The molecule has 2 rings (SSSR count). The van der Waals surface area contributed by atoms with E-state index in [0.717, 1.165) is 6.54 Å². The molecule has 0 radical (unpaired) electrons. The van der Waals surface area contributed by atoms with Gasteiger partial charge in [-0.1, -0.05) is 13.8 Å². The van der Waals surface area contributed by atoms with Gasteiger partial charge in [0.15, 0.2) is 0 Å². The van der Waals surface area contributed by atoms with Gasteiger partial charge in [-0.3, -0.25) is 4.79 Å². The van der Waals surface area contributed by atoms with Crippen LogP contribution in [-0.2, 0) is 0 Å². The van der Waals surface area contributed by atoms with E-state index in [2.05, 4.69) is 33.0 Å². The molecule has 1 unspecified atom stereocenters. The summed E-state index contributed by atoms with van der Waals surface area (Å²) in [7, 11) is 0. The topological polar surface area (TPSA) is 32.3 Å². The summed E-state index contributed by atoms with van der Waals surface area (Å²) in [6.07, 6.45) is 0. The Morgan fingerprint density at radius 1 is 1.35 bits per heavy atom. The highest BCUT2D eigenvalue weighted by molar-refractivity contribution is 5.94. The minimum atomic E-state index is -0.318. The molecule has 0 spiro atoms. The van der Waals surface area contributed by atoms with Crippen molar-refractivity contribution < 1.29 is 9.18 Å². The van der Waals surface area contributed by atoms with Crippen molar-refractivity contribution in [3.8, 4) is 0 Å². The van der Waals surface area contributed by atoms with Crippen LogP contribution < -0.4 is 5.32 Å². The Labute approximate surface area is 120 Å². The third-order valence-electron chi connectivity index (χ3n) is 4.05. The lowest BCUT2D eigenvalue weighted by Gasteiger charge is -2.47. The van der Waals surface area contributed by atoms with Gasteiger partial charge in [0.2, 0.25) is 0 Å². The normalized spacial score (nSPS) is 22.1. The smallest absolute Gasteiger partial charge is 0.254 e. The highest BCUT2D eigenvalue weighted by atomic mass is 19.1. The molecule has 4 heteroatoms. The van der Waals surface area contributed by atoms with Crippen molar-refractivity contribution in [2.24, 2.45) is 5.92 Å². The maximum atomic E-state index is 13.0. The number of benzene rings is 1. The minimum Gasteiger partial charge on any atom is -0.331 e. The Kier molecular flexibility index (Phi) is 4.14. The van der Waals surface area contributed by atoms with Gasteiger partial charge in [-0.05, 0) is 44.0 Å². The first-order chi connectivity index (χ1) is 9.31. The molecule has 0 saturated carbocycles. The van der Waals surface area contributed by atoms with Crippen LogP contribution in [0.25, 0.3) is 0 Å². The van der Waals surface area contributed by atoms with Gasteiger partial charge in [0, 0.05) is 24.7 Å². The molecule has 0 bridgehead atoms. The Morgan fingerprint density at radius 3 is 2.50 bits per heavy atom. The van der Waals surface area contributed by atoms with Gasteiger partial charge < -0.3 is 10.2 Å². The second-order valence-corrected chi connectivity index (χ2v) is 6.47. The highest BCUT2D eigenvalue weighted by Crippen LogP contribution is 2.23. The Morgan fingerprint density at radius 2 is 1.95 bits per heavy atom. The molecule has 1 aliphatic rings. The lowest BCUT2D eigenvalue weighted by molar-refractivity contribution is 0.0353. The predicted molar refractivity (Wildman–Crippen MR) is 78.1 cm³/mol. The quantitative estimate of drug-likeness (QED) is 0.902. The van der Waals surface area contributed by atoms with Crippen LogP contribution in [0.2, 0.25) is 0 Å². The average molecular weight is 278 g/mol. The number of rotatable bonds is 2. The zero-order valence-electron chi connectivity index (χ0n) is 12.6. The van der Waals surface area contributed by atoms with E-state index in [4.69, 9.17) is 0 Å². The fraction of sp³-hybridized carbons (Fsp3) is 0.562. The van der Waals surface area contributed by atoms with E-state index in [1.54, 1.807) is 12.1 Å². The van der Waals surface area contributed by atoms with Crippen molar-refractivity contribution in [1.29, 1.82) is 0 Å². The molecule has 1 aliphatic heterocycles. The summed E-state index contributed by atoms with van der Waals surface area (Å²) < 4.78 is 13.0. The molecule has 1 heterocycles. The molecule has 110 valence electrons. The highest BCUT2D eigenvalue weighted by Gasteiger charge is 2.38. The van der Waals surface area contributed by atoms with Gasteiger partial charge in [0.05, 0.1) is 5.54 Å². The number of hydrogen-bond donors (Lipinski definition) is 1. The molecule has 20 heavy (non-hydrogen) atoms. The van der Waals surface area contributed by atoms with Gasteiger partial charge in [-0.15, -0.1) is 0 Å². The molecule has 1 atom stereocenters.